The first-order valence-electron chi connectivity index (χ1n) is 6.78. The minimum Gasteiger partial charge on any atom is -0.497 e. The lowest BCUT2D eigenvalue weighted by atomic mass is 10.1. The molecule has 2 aromatic rings. The quantitative estimate of drug-likeness (QED) is 0.480. The summed E-state index contributed by atoms with van der Waals surface area (Å²) in [6.07, 6.45) is 0. The highest BCUT2D eigenvalue weighted by Crippen LogP contribution is 2.29. The van der Waals surface area contributed by atoms with Gasteiger partial charge in [-0.15, -0.1) is 0 Å². The highest BCUT2D eigenvalue weighted by atomic mass is 16.6. The SMILES string of the molecule is COc1ccc(NCC(=O)c2cccc([N+](=O)[O-])c2)c(OC)c1. The number of nitrogens with zero attached hydrogens (tertiary/aromatic N) is 1. The minimum absolute atomic E-state index is 0.0101. The van der Waals surface area contributed by atoms with Gasteiger partial charge in [-0.25, -0.2) is 0 Å². The molecule has 0 saturated carbocycles. The number of hydrogen-bond donors (Lipinski definition) is 1. The summed E-state index contributed by atoms with van der Waals surface area (Å²) in [6, 6.07) is 10.8. The standard InChI is InChI=1S/C16H16N2O5/c1-22-13-6-7-14(16(9-13)23-2)17-10-15(19)11-4-3-5-12(8-11)18(20)21/h3-9,17H,10H2,1-2H3. The molecule has 0 aliphatic rings. The van der Waals surface area contributed by atoms with Crippen LogP contribution in [0.2, 0.25) is 0 Å². The number of non-ortho nitro benzene ring substituents is 1. The Morgan fingerprint density at radius 1 is 1.17 bits per heavy atom. The third kappa shape index (κ3) is 3.97. The van der Waals surface area contributed by atoms with Crippen LogP contribution in [0.15, 0.2) is 42.5 Å². The second-order valence-corrected chi connectivity index (χ2v) is 4.65. The van der Waals surface area contributed by atoms with Crippen molar-refractivity contribution >= 4 is 17.2 Å². The van der Waals surface area contributed by atoms with E-state index < -0.39 is 4.92 Å². The Morgan fingerprint density at radius 2 is 1.96 bits per heavy atom. The van der Waals surface area contributed by atoms with Crippen molar-refractivity contribution in [1.29, 1.82) is 0 Å². The molecule has 0 aliphatic heterocycles. The normalized spacial score (nSPS) is 10.0. The molecule has 0 atom stereocenters. The van der Waals surface area contributed by atoms with Crippen molar-refractivity contribution < 1.29 is 19.2 Å². The number of carbonyl (C=O) groups excluding carboxylic acids is 1. The Balaban J connectivity index is 2.10. The molecule has 120 valence electrons. The first-order chi connectivity index (χ1) is 11.0. The highest BCUT2D eigenvalue weighted by molar-refractivity contribution is 5.99. The molecule has 0 aromatic heterocycles. The Hall–Kier alpha value is -3.09. The van der Waals surface area contributed by atoms with Crippen molar-refractivity contribution in [1.82, 2.24) is 0 Å². The third-order valence-electron chi connectivity index (χ3n) is 3.23. The first kappa shape index (κ1) is 16.3. The molecule has 2 rings (SSSR count). The van der Waals surface area contributed by atoms with Crippen LogP contribution < -0.4 is 14.8 Å². The number of ketones is 1. The van der Waals surface area contributed by atoms with Gasteiger partial charge in [-0.2, -0.15) is 0 Å². The smallest absolute Gasteiger partial charge is 0.270 e. The Labute approximate surface area is 133 Å². The van der Waals surface area contributed by atoms with Crippen molar-refractivity contribution in [3.63, 3.8) is 0 Å². The molecule has 0 heterocycles. The predicted molar refractivity (Wildman–Crippen MR) is 85.5 cm³/mol. The maximum atomic E-state index is 12.2. The fraction of sp³-hybridized carbons (Fsp3) is 0.188. The molecule has 2 aromatic carbocycles. The maximum absolute atomic E-state index is 12.2. The van der Waals surface area contributed by atoms with E-state index in [1.54, 1.807) is 31.4 Å². The number of Topliss-reactive ketones (excluding diaryl/α,β-unsaturated/α-hetero) is 1. The van der Waals surface area contributed by atoms with E-state index >= 15 is 0 Å². The molecule has 7 heteroatoms. The molecule has 1 N–H and O–H groups in total. The van der Waals surface area contributed by atoms with Crippen molar-refractivity contribution in [2.75, 3.05) is 26.1 Å². The largest absolute Gasteiger partial charge is 0.497 e. The third-order valence-corrected chi connectivity index (χ3v) is 3.23. The number of nitro benzene ring substituents is 1. The molecule has 0 aliphatic carbocycles. The number of nitro groups is 1. The van der Waals surface area contributed by atoms with Gasteiger partial charge in [0.2, 0.25) is 0 Å². The van der Waals surface area contributed by atoms with Crippen molar-refractivity contribution in [3.8, 4) is 11.5 Å². The molecule has 0 saturated heterocycles. The molecule has 0 bridgehead atoms. The van der Waals surface area contributed by atoms with Gasteiger partial charge >= 0.3 is 0 Å². The zero-order valence-corrected chi connectivity index (χ0v) is 12.7. The number of hydrogen-bond acceptors (Lipinski definition) is 6. The lowest BCUT2D eigenvalue weighted by Crippen LogP contribution is -2.14. The van der Waals surface area contributed by atoms with Crippen molar-refractivity contribution in [2.24, 2.45) is 0 Å². The lowest BCUT2D eigenvalue weighted by molar-refractivity contribution is -0.384. The van der Waals surface area contributed by atoms with E-state index in [1.807, 2.05) is 0 Å². The van der Waals surface area contributed by atoms with E-state index in [0.717, 1.165) is 0 Å². The fourth-order valence-electron chi connectivity index (χ4n) is 2.02. The molecular weight excluding hydrogens is 300 g/mol. The van der Waals surface area contributed by atoms with Crippen LogP contribution in [-0.2, 0) is 0 Å². The summed E-state index contributed by atoms with van der Waals surface area (Å²) in [5.41, 5.74) is 0.795. The Kier molecular flexibility index (Phi) is 5.14. The number of nitrogens with one attached hydrogen (secondary N) is 1. The Morgan fingerprint density at radius 3 is 2.61 bits per heavy atom. The van der Waals surface area contributed by atoms with Crippen LogP contribution in [0.25, 0.3) is 0 Å². The molecule has 0 spiro atoms. The summed E-state index contributed by atoms with van der Waals surface area (Å²) in [5, 5.41) is 13.7. The maximum Gasteiger partial charge on any atom is 0.270 e. The number of ether oxygens (including phenoxy) is 2. The second kappa shape index (κ2) is 7.26. The van der Waals surface area contributed by atoms with Gasteiger partial charge in [0.25, 0.3) is 5.69 Å². The summed E-state index contributed by atoms with van der Waals surface area (Å²) in [4.78, 5) is 22.4. The lowest BCUT2D eigenvalue weighted by Gasteiger charge is -2.12. The topological polar surface area (TPSA) is 90.7 Å². The van der Waals surface area contributed by atoms with Crippen LogP contribution in [-0.4, -0.2) is 31.5 Å². The summed E-state index contributed by atoms with van der Waals surface area (Å²) < 4.78 is 10.3. The highest BCUT2D eigenvalue weighted by Gasteiger charge is 2.12. The van der Waals surface area contributed by atoms with Gasteiger partial charge in [0.15, 0.2) is 5.78 Å². The summed E-state index contributed by atoms with van der Waals surface area (Å²) in [7, 11) is 3.07. The number of benzene rings is 2. The van der Waals surface area contributed by atoms with Crippen LogP contribution in [0.5, 0.6) is 11.5 Å². The van der Waals surface area contributed by atoms with Gasteiger partial charge in [-0.1, -0.05) is 12.1 Å². The molecule has 0 radical (unpaired) electrons. The van der Waals surface area contributed by atoms with E-state index in [1.165, 1.54) is 25.3 Å². The van der Waals surface area contributed by atoms with Gasteiger partial charge in [0, 0.05) is 23.8 Å². The summed E-state index contributed by atoms with van der Waals surface area (Å²) in [5.74, 6) is 0.917. The molecular formula is C16H16N2O5. The second-order valence-electron chi connectivity index (χ2n) is 4.65. The van der Waals surface area contributed by atoms with Gasteiger partial charge in [-0.05, 0) is 12.1 Å². The van der Waals surface area contributed by atoms with Crippen molar-refractivity contribution in [2.45, 2.75) is 0 Å². The number of carbonyl (C=O) groups is 1. The molecule has 23 heavy (non-hydrogen) atoms. The monoisotopic (exact) mass is 316 g/mol. The predicted octanol–water partition coefficient (Wildman–Crippen LogP) is 2.91. The fourth-order valence-corrected chi connectivity index (χ4v) is 2.02. The van der Waals surface area contributed by atoms with Crippen molar-refractivity contribution in [3.05, 3.63) is 58.1 Å². The number of rotatable bonds is 7. The van der Waals surface area contributed by atoms with E-state index in [9.17, 15) is 14.9 Å². The summed E-state index contributed by atoms with van der Waals surface area (Å²) >= 11 is 0. The van der Waals surface area contributed by atoms with Crippen LogP contribution in [0, 0.1) is 10.1 Å². The number of methoxy groups -OCH3 is 2. The number of anilines is 1. The molecule has 0 unspecified atom stereocenters. The van der Waals surface area contributed by atoms with Gasteiger partial charge in [-0.3, -0.25) is 14.9 Å². The van der Waals surface area contributed by atoms with Gasteiger partial charge in [0.1, 0.15) is 11.5 Å². The van der Waals surface area contributed by atoms with Gasteiger partial charge in [0.05, 0.1) is 31.4 Å². The van der Waals surface area contributed by atoms with E-state index in [2.05, 4.69) is 5.32 Å². The Bertz CT molecular complexity index is 730. The summed E-state index contributed by atoms with van der Waals surface area (Å²) in [6.45, 7) is -0.0101. The van der Waals surface area contributed by atoms with Crippen LogP contribution in [0.1, 0.15) is 10.4 Å². The zero-order chi connectivity index (χ0) is 16.8. The average molecular weight is 316 g/mol. The van der Waals surface area contributed by atoms with E-state index in [4.69, 9.17) is 9.47 Å². The molecule has 0 fully saturated rings. The zero-order valence-electron chi connectivity index (χ0n) is 12.7. The minimum atomic E-state index is -0.531. The first-order valence-corrected chi connectivity index (χ1v) is 6.78. The average Bonchev–Trinajstić information content (AvgIpc) is 2.59. The van der Waals surface area contributed by atoms with E-state index in [0.29, 0.717) is 17.2 Å². The van der Waals surface area contributed by atoms with Crippen LogP contribution in [0.4, 0.5) is 11.4 Å². The molecule has 0 amide bonds. The van der Waals surface area contributed by atoms with Crippen LogP contribution >= 0.6 is 0 Å². The van der Waals surface area contributed by atoms with Crippen LogP contribution in [0.3, 0.4) is 0 Å². The van der Waals surface area contributed by atoms with E-state index in [-0.39, 0.29) is 23.6 Å². The molecule has 7 nitrogen and oxygen atoms in total. The van der Waals surface area contributed by atoms with Gasteiger partial charge < -0.3 is 14.8 Å².